The standard InChI is InChI=1S/C18H18N4O2/c1-13-6-2-3-7-14(13)18(24)19-11-10-17(23)21-22-12-20-15-8-4-5-9-16(15)22/h2-9,12H,10-11H2,1H3,(H,19,24)(H,21,23). The van der Waals surface area contributed by atoms with Gasteiger partial charge in [0.15, 0.2) is 0 Å². The van der Waals surface area contributed by atoms with Gasteiger partial charge < -0.3 is 5.32 Å². The summed E-state index contributed by atoms with van der Waals surface area (Å²) in [6.07, 6.45) is 1.75. The van der Waals surface area contributed by atoms with Crippen molar-refractivity contribution in [3.05, 3.63) is 66.0 Å². The van der Waals surface area contributed by atoms with Crippen molar-refractivity contribution in [3.63, 3.8) is 0 Å². The summed E-state index contributed by atoms with van der Waals surface area (Å²) in [6, 6.07) is 14.9. The Hall–Kier alpha value is -3.15. The van der Waals surface area contributed by atoms with E-state index in [1.807, 2.05) is 49.4 Å². The fraction of sp³-hybridized carbons (Fsp3) is 0.167. The fourth-order valence-corrected chi connectivity index (χ4v) is 2.45. The second-order valence-electron chi connectivity index (χ2n) is 5.46. The van der Waals surface area contributed by atoms with E-state index in [0.717, 1.165) is 16.6 Å². The molecule has 0 aliphatic rings. The van der Waals surface area contributed by atoms with Crippen molar-refractivity contribution >= 4 is 22.8 Å². The highest BCUT2D eigenvalue weighted by atomic mass is 16.2. The van der Waals surface area contributed by atoms with Gasteiger partial charge in [-0.1, -0.05) is 30.3 Å². The Labute approximate surface area is 139 Å². The molecule has 3 rings (SSSR count). The Morgan fingerprint density at radius 1 is 1.08 bits per heavy atom. The number of nitrogens with one attached hydrogen (secondary N) is 2. The average molecular weight is 322 g/mol. The predicted octanol–water partition coefficient (Wildman–Crippen LogP) is 2.23. The molecule has 1 heterocycles. The fourth-order valence-electron chi connectivity index (χ4n) is 2.45. The summed E-state index contributed by atoms with van der Waals surface area (Å²) in [6.45, 7) is 2.15. The molecule has 0 atom stereocenters. The molecule has 122 valence electrons. The van der Waals surface area contributed by atoms with Gasteiger partial charge in [-0.2, -0.15) is 0 Å². The molecular formula is C18H18N4O2. The van der Waals surface area contributed by atoms with Crippen molar-refractivity contribution in [1.29, 1.82) is 0 Å². The van der Waals surface area contributed by atoms with Crippen LogP contribution in [0.25, 0.3) is 11.0 Å². The third kappa shape index (κ3) is 3.43. The van der Waals surface area contributed by atoms with Crippen LogP contribution in [0.5, 0.6) is 0 Å². The number of para-hydroxylation sites is 2. The van der Waals surface area contributed by atoms with Crippen LogP contribution in [0.1, 0.15) is 22.3 Å². The number of hydrogen-bond acceptors (Lipinski definition) is 3. The van der Waals surface area contributed by atoms with E-state index >= 15 is 0 Å². The molecular weight excluding hydrogens is 304 g/mol. The molecule has 2 amide bonds. The van der Waals surface area contributed by atoms with E-state index in [2.05, 4.69) is 15.7 Å². The lowest BCUT2D eigenvalue weighted by Crippen LogP contribution is -2.30. The van der Waals surface area contributed by atoms with Crippen molar-refractivity contribution < 1.29 is 9.59 Å². The maximum absolute atomic E-state index is 12.1. The van der Waals surface area contributed by atoms with Gasteiger partial charge in [0.1, 0.15) is 6.33 Å². The first-order valence-corrected chi connectivity index (χ1v) is 7.71. The molecule has 0 fully saturated rings. The lowest BCUT2D eigenvalue weighted by Gasteiger charge is -2.09. The first-order chi connectivity index (χ1) is 11.6. The summed E-state index contributed by atoms with van der Waals surface area (Å²) in [5, 5.41) is 2.76. The summed E-state index contributed by atoms with van der Waals surface area (Å²) < 4.78 is 1.58. The van der Waals surface area contributed by atoms with Crippen LogP contribution < -0.4 is 10.7 Å². The molecule has 0 saturated heterocycles. The van der Waals surface area contributed by atoms with Crippen LogP contribution >= 0.6 is 0 Å². The average Bonchev–Trinajstić information content (AvgIpc) is 2.98. The minimum atomic E-state index is -0.191. The highest BCUT2D eigenvalue weighted by Gasteiger charge is 2.09. The zero-order valence-electron chi connectivity index (χ0n) is 13.3. The predicted molar refractivity (Wildman–Crippen MR) is 92.2 cm³/mol. The number of amides is 2. The summed E-state index contributed by atoms with van der Waals surface area (Å²) in [5.41, 5.74) is 5.92. The molecule has 6 nitrogen and oxygen atoms in total. The SMILES string of the molecule is Cc1ccccc1C(=O)NCCC(=O)Nn1cnc2ccccc21. The lowest BCUT2D eigenvalue weighted by molar-refractivity contribution is -0.116. The molecule has 0 spiro atoms. The number of aromatic nitrogens is 2. The van der Waals surface area contributed by atoms with E-state index in [1.54, 1.807) is 17.1 Å². The van der Waals surface area contributed by atoms with E-state index in [0.29, 0.717) is 5.56 Å². The lowest BCUT2D eigenvalue weighted by atomic mass is 10.1. The summed E-state index contributed by atoms with van der Waals surface area (Å²) >= 11 is 0. The minimum absolute atomic E-state index is 0.172. The van der Waals surface area contributed by atoms with Gasteiger partial charge in [-0.25, -0.2) is 9.66 Å². The zero-order valence-corrected chi connectivity index (χ0v) is 13.3. The van der Waals surface area contributed by atoms with E-state index in [-0.39, 0.29) is 24.8 Å². The summed E-state index contributed by atoms with van der Waals surface area (Å²) in [4.78, 5) is 28.3. The largest absolute Gasteiger partial charge is 0.352 e. The van der Waals surface area contributed by atoms with Gasteiger partial charge in [0, 0.05) is 18.5 Å². The molecule has 24 heavy (non-hydrogen) atoms. The second kappa shape index (κ2) is 6.95. The van der Waals surface area contributed by atoms with Crippen LogP contribution in [0, 0.1) is 6.92 Å². The number of benzene rings is 2. The number of nitrogens with zero attached hydrogens (tertiary/aromatic N) is 2. The number of carbonyl (C=O) groups excluding carboxylic acids is 2. The molecule has 0 radical (unpaired) electrons. The molecule has 6 heteroatoms. The highest BCUT2D eigenvalue weighted by molar-refractivity contribution is 5.96. The van der Waals surface area contributed by atoms with Crippen molar-refractivity contribution in [1.82, 2.24) is 15.0 Å². The van der Waals surface area contributed by atoms with E-state index in [4.69, 9.17) is 0 Å². The Morgan fingerprint density at radius 3 is 2.67 bits per heavy atom. The van der Waals surface area contributed by atoms with Crippen LogP contribution in [-0.2, 0) is 4.79 Å². The van der Waals surface area contributed by atoms with Crippen LogP contribution in [0.3, 0.4) is 0 Å². The van der Waals surface area contributed by atoms with Gasteiger partial charge in [-0.15, -0.1) is 0 Å². The maximum Gasteiger partial charge on any atom is 0.251 e. The molecule has 0 saturated carbocycles. The molecule has 0 aliphatic heterocycles. The number of carbonyl (C=O) groups is 2. The topological polar surface area (TPSA) is 76.0 Å². The number of aryl methyl sites for hydroxylation is 1. The first kappa shape index (κ1) is 15.7. The zero-order chi connectivity index (χ0) is 16.9. The number of imidazole rings is 1. The van der Waals surface area contributed by atoms with Crippen molar-refractivity contribution in [2.24, 2.45) is 0 Å². The second-order valence-corrected chi connectivity index (χ2v) is 5.46. The third-order valence-corrected chi connectivity index (χ3v) is 3.73. The Morgan fingerprint density at radius 2 is 1.83 bits per heavy atom. The Balaban J connectivity index is 1.53. The molecule has 0 bridgehead atoms. The molecule has 2 aromatic carbocycles. The number of rotatable bonds is 5. The van der Waals surface area contributed by atoms with Crippen molar-refractivity contribution in [2.75, 3.05) is 12.0 Å². The van der Waals surface area contributed by atoms with Crippen molar-refractivity contribution in [3.8, 4) is 0 Å². The first-order valence-electron chi connectivity index (χ1n) is 7.71. The number of fused-ring (bicyclic) bond motifs is 1. The monoisotopic (exact) mass is 322 g/mol. The normalized spacial score (nSPS) is 10.5. The van der Waals surface area contributed by atoms with Crippen LogP contribution in [-0.4, -0.2) is 28.0 Å². The molecule has 1 aromatic heterocycles. The van der Waals surface area contributed by atoms with Gasteiger partial charge >= 0.3 is 0 Å². The third-order valence-electron chi connectivity index (χ3n) is 3.73. The molecule has 0 aliphatic carbocycles. The van der Waals surface area contributed by atoms with E-state index < -0.39 is 0 Å². The van der Waals surface area contributed by atoms with Gasteiger partial charge in [0.25, 0.3) is 5.91 Å². The van der Waals surface area contributed by atoms with Gasteiger partial charge in [-0.3, -0.25) is 15.0 Å². The highest BCUT2D eigenvalue weighted by Crippen LogP contribution is 2.10. The van der Waals surface area contributed by atoms with E-state index in [1.165, 1.54) is 0 Å². The minimum Gasteiger partial charge on any atom is -0.352 e. The Kier molecular flexibility index (Phi) is 4.56. The molecule has 3 aromatic rings. The summed E-state index contributed by atoms with van der Waals surface area (Å²) in [5.74, 6) is -0.364. The van der Waals surface area contributed by atoms with Crippen LogP contribution in [0.4, 0.5) is 0 Å². The van der Waals surface area contributed by atoms with Gasteiger partial charge in [0.05, 0.1) is 11.0 Å². The molecule has 2 N–H and O–H groups in total. The number of hydrogen-bond donors (Lipinski definition) is 2. The smallest absolute Gasteiger partial charge is 0.251 e. The van der Waals surface area contributed by atoms with Crippen LogP contribution in [0.2, 0.25) is 0 Å². The quantitative estimate of drug-likeness (QED) is 0.756. The van der Waals surface area contributed by atoms with Gasteiger partial charge in [0.2, 0.25) is 5.91 Å². The van der Waals surface area contributed by atoms with Gasteiger partial charge in [-0.05, 0) is 30.7 Å². The summed E-state index contributed by atoms with van der Waals surface area (Å²) in [7, 11) is 0. The van der Waals surface area contributed by atoms with Crippen LogP contribution in [0.15, 0.2) is 54.9 Å². The molecule has 0 unspecified atom stereocenters. The van der Waals surface area contributed by atoms with Crippen molar-refractivity contribution in [2.45, 2.75) is 13.3 Å². The maximum atomic E-state index is 12.1. The Bertz CT molecular complexity index is 885. The van der Waals surface area contributed by atoms with E-state index in [9.17, 15) is 9.59 Å².